The van der Waals surface area contributed by atoms with Gasteiger partial charge in [0.15, 0.2) is 11.5 Å². The summed E-state index contributed by atoms with van der Waals surface area (Å²) in [5, 5.41) is 4.36. The number of fused-ring (bicyclic) bond motifs is 2. The Morgan fingerprint density at radius 2 is 2.00 bits per heavy atom. The van der Waals surface area contributed by atoms with Crippen molar-refractivity contribution in [2.24, 2.45) is 0 Å². The van der Waals surface area contributed by atoms with Gasteiger partial charge in [-0.05, 0) is 36.6 Å². The first-order valence-electron chi connectivity index (χ1n) is 10.3. The fraction of sp³-hybridized carbons (Fsp3) is 0.409. The number of hydrogen-bond acceptors (Lipinski definition) is 8. The zero-order chi connectivity index (χ0) is 21.6. The van der Waals surface area contributed by atoms with Gasteiger partial charge in [0.1, 0.15) is 16.5 Å². The molecule has 0 saturated carbocycles. The molecule has 0 saturated heterocycles. The summed E-state index contributed by atoms with van der Waals surface area (Å²) in [6.07, 6.45) is 5.06. The Balaban J connectivity index is 1.38. The smallest absolute Gasteiger partial charge is 0.305 e. The Morgan fingerprint density at radius 3 is 2.87 bits per heavy atom. The quantitative estimate of drug-likeness (QED) is 0.322. The molecule has 1 aliphatic heterocycles. The predicted octanol–water partition coefficient (Wildman–Crippen LogP) is 5.35. The van der Waals surface area contributed by atoms with Crippen molar-refractivity contribution in [3.05, 3.63) is 40.0 Å². The predicted molar refractivity (Wildman–Crippen MR) is 121 cm³/mol. The van der Waals surface area contributed by atoms with Gasteiger partial charge in [-0.2, -0.15) is 0 Å². The molecule has 1 aromatic carbocycles. The zero-order valence-corrected chi connectivity index (χ0v) is 18.9. The highest BCUT2D eigenvalue weighted by molar-refractivity contribution is 7.22. The molecule has 0 atom stereocenters. The average Bonchev–Trinajstić information content (AvgIpc) is 3.39. The summed E-state index contributed by atoms with van der Waals surface area (Å²) in [7, 11) is 1.42. The second kappa shape index (κ2) is 10.2. The Kier molecular flexibility index (Phi) is 7.09. The maximum atomic E-state index is 11.2. The van der Waals surface area contributed by atoms with Gasteiger partial charge in [0.2, 0.25) is 6.79 Å². The molecule has 4 rings (SSSR count). The van der Waals surface area contributed by atoms with Gasteiger partial charge in [-0.15, -0.1) is 11.3 Å². The number of nitrogens with one attached hydrogen (secondary N) is 1. The lowest BCUT2D eigenvalue weighted by molar-refractivity contribution is -0.140. The van der Waals surface area contributed by atoms with E-state index in [1.807, 2.05) is 24.3 Å². The van der Waals surface area contributed by atoms with E-state index in [9.17, 15) is 4.79 Å². The molecule has 3 aromatic rings. The molecule has 2 aromatic heterocycles. The van der Waals surface area contributed by atoms with Crippen LogP contribution in [0.5, 0.6) is 11.5 Å². The number of hydrogen-bond donors (Lipinski definition) is 1. The minimum Gasteiger partial charge on any atom is -0.469 e. The van der Waals surface area contributed by atoms with Gasteiger partial charge in [0.05, 0.1) is 16.8 Å². The Labute approximate surface area is 189 Å². The Hall–Kier alpha value is -2.58. The van der Waals surface area contributed by atoms with Crippen LogP contribution in [0.1, 0.15) is 43.5 Å². The highest BCUT2D eigenvalue weighted by Gasteiger charge is 2.15. The second-order valence-electron chi connectivity index (χ2n) is 7.29. The summed E-state index contributed by atoms with van der Waals surface area (Å²) in [4.78, 5) is 21.5. The SMILES string of the molecule is COC(=O)CCCCCCc1nc(NCc2ccc3c(c2)OCO3)c2cc(Cl)sc2n1. The zero-order valence-electron chi connectivity index (χ0n) is 17.3. The molecule has 9 heteroatoms. The van der Waals surface area contributed by atoms with Crippen molar-refractivity contribution >= 4 is 44.9 Å². The van der Waals surface area contributed by atoms with Crippen LogP contribution in [-0.2, 0) is 22.5 Å². The minimum atomic E-state index is -0.151. The standard InChI is InChI=1S/C22H24ClN3O4S/c1-28-20(27)7-5-3-2-4-6-19-25-21(15-11-18(23)31-22(15)26-19)24-12-14-8-9-16-17(10-14)30-13-29-16/h8-11H,2-7,12-13H2,1H3,(H,24,25,26). The number of aromatic nitrogens is 2. The van der Waals surface area contributed by atoms with Crippen molar-refractivity contribution in [3.8, 4) is 11.5 Å². The number of thiophene rings is 1. The normalized spacial score (nSPS) is 12.3. The highest BCUT2D eigenvalue weighted by atomic mass is 35.5. The topological polar surface area (TPSA) is 82.6 Å². The molecule has 31 heavy (non-hydrogen) atoms. The molecule has 0 amide bonds. The third-order valence-corrected chi connectivity index (χ3v) is 6.22. The van der Waals surface area contributed by atoms with Crippen LogP contribution in [0.2, 0.25) is 4.34 Å². The summed E-state index contributed by atoms with van der Waals surface area (Å²) in [5.41, 5.74) is 1.07. The third kappa shape index (κ3) is 5.57. The molecule has 164 valence electrons. The van der Waals surface area contributed by atoms with Gasteiger partial charge in [0, 0.05) is 19.4 Å². The van der Waals surface area contributed by atoms with E-state index >= 15 is 0 Å². The average molecular weight is 462 g/mol. The van der Waals surface area contributed by atoms with E-state index in [1.165, 1.54) is 18.4 Å². The number of rotatable bonds is 10. The summed E-state index contributed by atoms with van der Waals surface area (Å²) in [5.74, 6) is 2.96. The lowest BCUT2D eigenvalue weighted by Gasteiger charge is -2.10. The summed E-state index contributed by atoms with van der Waals surface area (Å²) in [6.45, 7) is 0.862. The van der Waals surface area contributed by atoms with Crippen LogP contribution in [0.4, 0.5) is 5.82 Å². The molecule has 0 unspecified atom stereocenters. The molecular formula is C22H24ClN3O4S. The third-order valence-electron chi connectivity index (χ3n) is 5.06. The fourth-order valence-electron chi connectivity index (χ4n) is 3.43. The minimum absolute atomic E-state index is 0.151. The molecule has 3 heterocycles. The van der Waals surface area contributed by atoms with Crippen molar-refractivity contribution in [3.63, 3.8) is 0 Å². The first-order chi connectivity index (χ1) is 15.1. The van der Waals surface area contributed by atoms with Gasteiger partial charge in [0.25, 0.3) is 0 Å². The van der Waals surface area contributed by atoms with E-state index in [4.69, 9.17) is 31.0 Å². The number of carbonyl (C=O) groups is 1. The van der Waals surface area contributed by atoms with Crippen molar-refractivity contribution < 1.29 is 19.0 Å². The lowest BCUT2D eigenvalue weighted by atomic mass is 10.1. The first kappa shape index (κ1) is 21.6. The largest absolute Gasteiger partial charge is 0.469 e. The summed E-state index contributed by atoms with van der Waals surface area (Å²) in [6, 6.07) is 7.81. The number of anilines is 1. The van der Waals surface area contributed by atoms with E-state index in [0.29, 0.717) is 17.3 Å². The molecule has 1 aliphatic rings. The van der Waals surface area contributed by atoms with Crippen molar-refractivity contribution in [1.29, 1.82) is 0 Å². The number of unbranched alkanes of at least 4 members (excludes halogenated alkanes) is 3. The summed E-state index contributed by atoms with van der Waals surface area (Å²) >= 11 is 7.70. The van der Waals surface area contributed by atoms with E-state index in [2.05, 4.69) is 10.1 Å². The molecule has 0 radical (unpaired) electrons. The highest BCUT2D eigenvalue weighted by Crippen LogP contribution is 2.34. The Bertz CT molecular complexity index is 1070. The van der Waals surface area contributed by atoms with E-state index in [0.717, 1.165) is 71.0 Å². The second-order valence-corrected chi connectivity index (χ2v) is 8.95. The lowest BCUT2D eigenvalue weighted by Crippen LogP contribution is -2.05. The number of benzene rings is 1. The number of ether oxygens (including phenoxy) is 3. The van der Waals surface area contributed by atoms with Crippen LogP contribution in [-0.4, -0.2) is 29.8 Å². The molecule has 0 spiro atoms. The van der Waals surface area contributed by atoms with E-state index in [-0.39, 0.29) is 12.8 Å². The molecular weight excluding hydrogens is 438 g/mol. The molecule has 0 bridgehead atoms. The van der Waals surface area contributed by atoms with Gasteiger partial charge >= 0.3 is 5.97 Å². The fourth-order valence-corrected chi connectivity index (χ4v) is 4.53. The van der Waals surface area contributed by atoms with Crippen molar-refractivity contribution in [2.75, 3.05) is 19.2 Å². The first-order valence-corrected chi connectivity index (χ1v) is 11.5. The van der Waals surface area contributed by atoms with Crippen LogP contribution < -0.4 is 14.8 Å². The molecule has 1 N–H and O–H groups in total. The van der Waals surface area contributed by atoms with Crippen molar-refractivity contribution in [2.45, 2.75) is 45.1 Å². The van der Waals surface area contributed by atoms with Crippen LogP contribution >= 0.6 is 22.9 Å². The van der Waals surface area contributed by atoms with Gasteiger partial charge < -0.3 is 19.5 Å². The molecule has 0 fully saturated rings. The summed E-state index contributed by atoms with van der Waals surface area (Å²) < 4.78 is 16.2. The maximum absolute atomic E-state index is 11.2. The monoisotopic (exact) mass is 461 g/mol. The number of aryl methyl sites for hydroxylation is 1. The van der Waals surface area contributed by atoms with Gasteiger partial charge in [-0.3, -0.25) is 4.79 Å². The number of carbonyl (C=O) groups excluding carboxylic acids is 1. The van der Waals surface area contributed by atoms with E-state index in [1.54, 1.807) is 0 Å². The van der Waals surface area contributed by atoms with Crippen LogP contribution in [0.15, 0.2) is 24.3 Å². The van der Waals surface area contributed by atoms with Gasteiger partial charge in [-0.1, -0.05) is 30.5 Å². The van der Waals surface area contributed by atoms with Crippen LogP contribution in [0, 0.1) is 0 Å². The number of nitrogens with zero attached hydrogens (tertiary/aromatic N) is 2. The maximum Gasteiger partial charge on any atom is 0.305 e. The van der Waals surface area contributed by atoms with Crippen LogP contribution in [0.3, 0.4) is 0 Å². The van der Waals surface area contributed by atoms with Gasteiger partial charge in [-0.25, -0.2) is 9.97 Å². The van der Waals surface area contributed by atoms with E-state index < -0.39 is 0 Å². The number of esters is 1. The Morgan fingerprint density at radius 1 is 1.16 bits per heavy atom. The molecule has 0 aliphatic carbocycles. The molecule has 7 nitrogen and oxygen atoms in total. The number of methoxy groups -OCH3 is 1. The van der Waals surface area contributed by atoms with Crippen LogP contribution in [0.25, 0.3) is 10.2 Å². The van der Waals surface area contributed by atoms with Crippen molar-refractivity contribution in [1.82, 2.24) is 9.97 Å². The number of halogens is 1.